The lowest BCUT2D eigenvalue weighted by molar-refractivity contribution is 0.379. The highest BCUT2D eigenvalue weighted by atomic mass is 79.9. The van der Waals surface area contributed by atoms with Gasteiger partial charge in [-0.3, -0.25) is 0 Å². The van der Waals surface area contributed by atoms with E-state index in [0.717, 1.165) is 10.9 Å². The molecule has 0 aliphatic heterocycles. The van der Waals surface area contributed by atoms with Gasteiger partial charge in [-0.25, -0.2) is 0 Å². The molecule has 4 nitrogen and oxygen atoms in total. The fraction of sp³-hybridized carbons (Fsp3) is 0.333. The molecule has 0 bridgehead atoms. The average molecular weight is 331 g/mol. The van der Waals surface area contributed by atoms with Crippen LogP contribution in [-0.2, 0) is 5.54 Å². The Bertz CT molecular complexity index is 568. The zero-order valence-corrected chi connectivity index (χ0v) is 12.4. The fourth-order valence-electron chi connectivity index (χ4n) is 1.39. The third kappa shape index (κ3) is 2.43. The van der Waals surface area contributed by atoms with Crippen LogP contribution in [0.25, 0.3) is 11.5 Å². The Morgan fingerprint density at radius 1 is 1.50 bits per heavy atom. The molecule has 0 aliphatic rings. The number of nitrogens with two attached hydrogens (primary N) is 1. The highest BCUT2D eigenvalue weighted by Gasteiger charge is 2.26. The lowest BCUT2D eigenvalue weighted by Gasteiger charge is -2.16. The molecular weight excluding hydrogens is 318 g/mol. The third-order valence-corrected chi connectivity index (χ3v) is 4.15. The number of rotatable bonds is 3. The summed E-state index contributed by atoms with van der Waals surface area (Å²) >= 11 is 9.54. The summed E-state index contributed by atoms with van der Waals surface area (Å²) < 4.78 is 6.01. The highest BCUT2D eigenvalue weighted by molar-refractivity contribution is 9.10. The second-order valence-electron chi connectivity index (χ2n) is 4.30. The Kier molecular flexibility index (Phi) is 3.75. The molecule has 0 saturated carbocycles. The smallest absolute Gasteiger partial charge is 0.259 e. The minimum atomic E-state index is -0.597. The number of benzene rings is 1. The average Bonchev–Trinajstić information content (AvgIpc) is 2.82. The van der Waals surface area contributed by atoms with E-state index in [1.54, 1.807) is 0 Å². The van der Waals surface area contributed by atoms with E-state index in [9.17, 15) is 0 Å². The van der Waals surface area contributed by atoms with Crippen molar-refractivity contribution in [2.75, 3.05) is 0 Å². The summed E-state index contributed by atoms with van der Waals surface area (Å²) in [6.45, 7) is 3.84. The number of nitrogens with zero attached hydrogens (tertiary/aromatic N) is 2. The van der Waals surface area contributed by atoms with Crippen molar-refractivity contribution in [3.63, 3.8) is 0 Å². The molecule has 1 aromatic heterocycles. The molecule has 0 aliphatic carbocycles. The molecule has 2 N–H and O–H groups in total. The van der Waals surface area contributed by atoms with Crippen LogP contribution in [0.1, 0.15) is 26.1 Å². The molecule has 0 amide bonds. The minimum Gasteiger partial charge on any atom is -0.334 e. The summed E-state index contributed by atoms with van der Waals surface area (Å²) in [5.74, 6) is 0.859. The standard InChI is InChI=1S/C12H13BrClN3O/c1-3-12(2,15)11-16-10(18-17-11)7-5-4-6-8(13)9(7)14/h4-6H,3,15H2,1-2H3. The van der Waals surface area contributed by atoms with E-state index in [0.29, 0.717) is 22.3 Å². The van der Waals surface area contributed by atoms with Crippen molar-refractivity contribution in [3.8, 4) is 11.5 Å². The zero-order valence-electron chi connectivity index (χ0n) is 10.1. The van der Waals surface area contributed by atoms with Gasteiger partial charge in [0.1, 0.15) is 0 Å². The van der Waals surface area contributed by atoms with E-state index >= 15 is 0 Å². The maximum atomic E-state index is 6.18. The van der Waals surface area contributed by atoms with Gasteiger partial charge in [0.2, 0.25) is 0 Å². The maximum Gasteiger partial charge on any atom is 0.259 e. The first-order valence-corrected chi connectivity index (χ1v) is 6.70. The summed E-state index contributed by atoms with van der Waals surface area (Å²) in [6, 6.07) is 5.53. The van der Waals surface area contributed by atoms with Gasteiger partial charge in [0, 0.05) is 4.47 Å². The van der Waals surface area contributed by atoms with Crippen LogP contribution in [0.5, 0.6) is 0 Å². The van der Waals surface area contributed by atoms with Crippen molar-refractivity contribution in [1.29, 1.82) is 0 Å². The van der Waals surface area contributed by atoms with Gasteiger partial charge in [0.15, 0.2) is 5.82 Å². The Balaban J connectivity index is 2.45. The van der Waals surface area contributed by atoms with E-state index in [1.807, 2.05) is 32.0 Å². The third-order valence-electron chi connectivity index (χ3n) is 2.85. The first-order valence-electron chi connectivity index (χ1n) is 5.53. The number of halogens is 2. The highest BCUT2D eigenvalue weighted by Crippen LogP contribution is 2.33. The van der Waals surface area contributed by atoms with Crippen molar-refractivity contribution in [1.82, 2.24) is 10.1 Å². The molecule has 1 atom stereocenters. The van der Waals surface area contributed by atoms with Crippen LogP contribution < -0.4 is 5.73 Å². The fourth-order valence-corrected chi connectivity index (χ4v) is 1.96. The van der Waals surface area contributed by atoms with Crippen LogP contribution >= 0.6 is 27.5 Å². The maximum absolute atomic E-state index is 6.18. The molecule has 6 heteroatoms. The number of hydrogen-bond donors (Lipinski definition) is 1. The SMILES string of the molecule is CCC(C)(N)c1noc(-c2cccc(Br)c2Cl)n1. The lowest BCUT2D eigenvalue weighted by atomic mass is 10.00. The number of aromatic nitrogens is 2. The first kappa shape index (κ1) is 13.5. The molecule has 1 unspecified atom stereocenters. The molecule has 96 valence electrons. The predicted molar refractivity (Wildman–Crippen MR) is 74.3 cm³/mol. The molecule has 0 saturated heterocycles. The summed E-state index contributed by atoms with van der Waals surface area (Å²) in [7, 11) is 0. The van der Waals surface area contributed by atoms with Crippen LogP contribution in [0.4, 0.5) is 0 Å². The monoisotopic (exact) mass is 329 g/mol. The summed E-state index contributed by atoms with van der Waals surface area (Å²) in [4.78, 5) is 4.32. The van der Waals surface area contributed by atoms with Gasteiger partial charge in [0.05, 0.1) is 16.1 Å². The molecule has 0 fully saturated rings. The van der Waals surface area contributed by atoms with E-state index in [2.05, 4.69) is 26.1 Å². The van der Waals surface area contributed by atoms with Crippen molar-refractivity contribution in [2.45, 2.75) is 25.8 Å². The Hall–Kier alpha value is -0.910. The molecule has 18 heavy (non-hydrogen) atoms. The van der Waals surface area contributed by atoms with Gasteiger partial charge in [-0.15, -0.1) is 0 Å². The molecule has 2 rings (SSSR count). The molecule has 0 radical (unpaired) electrons. The van der Waals surface area contributed by atoms with Gasteiger partial charge in [-0.2, -0.15) is 4.98 Å². The van der Waals surface area contributed by atoms with E-state index in [4.69, 9.17) is 21.9 Å². The van der Waals surface area contributed by atoms with Crippen molar-refractivity contribution in [2.24, 2.45) is 5.73 Å². The summed E-state index contributed by atoms with van der Waals surface area (Å²) in [5.41, 5.74) is 6.16. The topological polar surface area (TPSA) is 64.9 Å². The van der Waals surface area contributed by atoms with Gasteiger partial charge < -0.3 is 10.3 Å². The molecule has 1 heterocycles. The number of hydrogen-bond acceptors (Lipinski definition) is 4. The van der Waals surface area contributed by atoms with E-state index in [-0.39, 0.29) is 0 Å². The largest absolute Gasteiger partial charge is 0.334 e. The minimum absolute atomic E-state index is 0.376. The summed E-state index contributed by atoms with van der Waals surface area (Å²) in [5, 5.41) is 4.47. The van der Waals surface area contributed by atoms with Crippen LogP contribution in [0.15, 0.2) is 27.2 Å². The molecular formula is C12H13BrClN3O. The van der Waals surface area contributed by atoms with Crippen molar-refractivity contribution < 1.29 is 4.52 Å². The van der Waals surface area contributed by atoms with Gasteiger partial charge >= 0.3 is 0 Å². The lowest BCUT2D eigenvalue weighted by Crippen LogP contribution is -2.33. The van der Waals surface area contributed by atoms with Gasteiger partial charge in [-0.1, -0.05) is 29.7 Å². The predicted octanol–water partition coefficient (Wildman–Crippen LogP) is 3.74. The molecule has 2 aromatic rings. The van der Waals surface area contributed by atoms with Gasteiger partial charge in [-0.05, 0) is 41.4 Å². The quantitative estimate of drug-likeness (QED) is 0.931. The zero-order chi connectivity index (χ0) is 13.3. The van der Waals surface area contributed by atoms with Crippen molar-refractivity contribution >= 4 is 27.5 Å². The first-order chi connectivity index (χ1) is 8.45. The molecule has 1 aromatic carbocycles. The second kappa shape index (κ2) is 4.99. The van der Waals surface area contributed by atoms with E-state index in [1.165, 1.54) is 0 Å². The Morgan fingerprint density at radius 2 is 2.22 bits per heavy atom. The normalized spacial score (nSPS) is 14.5. The van der Waals surface area contributed by atoms with Gasteiger partial charge in [0.25, 0.3) is 5.89 Å². The second-order valence-corrected chi connectivity index (χ2v) is 5.53. The summed E-state index contributed by atoms with van der Waals surface area (Å²) in [6.07, 6.45) is 0.720. The van der Waals surface area contributed by atoms with Crippen LogP contribution in [-0.4, -0.2) is 10.1 Å². The van der Waals surface area contributed by atoms with Crippen LogP contribution in [0.3, 0.4) is 0 Å². The Morgan fingerprint density at radius 3 is 2.89 bits per heavy atom. The van der Waals surface area contributed by atoms with Crippen LogP contribution in [0.2, 0.25) is 5.02 Å². The van der Waals surface area contributed by atoms with Crippen molar-refractivity contribution in [3.05, 3.63) is 33.5 Å². The van der Waals surface area contributed by atoms with Crippen LogP contribution in [0, 0.1) is 0 Å². The Labute approximate surface area is 119 Å². The molecule has 0 spiro atoms. The van der Waals surface area contributed by atoms with E-state index < -0.39 is 5.54 Å².